The Morgan fingerprint density at radius 2 is 2.00 bits per heavy atom. The molecule has 1 atom stereocenters. The highest BCUT2D eigenvalue weighted by Gasteiger charge is 2.26. The highest BCUT2D eigenvalue weighted by Crippen LogP contribution is 2.33. The van der Waals surface area contributed by atoms with Crippen molar-refractivity contribution in [2.24, 2.45) is 0 Å². The van der Waals surface area contributed by atoms with Crippen LogP contribution < -0.4 is 10.2 Å². The predicted octanol–water partition coefficient (Wildman–Crippen LogP) is 4.04. The van der Waals surface area contributed by atoms with Gasteiger partial charge in [-0.1, -0.05) is 50.8 Å². The number of hydrogen-bond donors (Lipinski definition) is 1. The van der Waals surface area contributed by atoms with E-state index < -0.39 is 0 Å². The van der Waals surface area contributed by atoms with Crippen molar-refractivity contribution < 1.29 is 4.79 Å². The molecule has 1 heterocycles. The Bertz CT molecular complexity index is 458. The van der Waals surface area contributed by atoms with Gasteiger partial charge in [0.2, 0.25) is 5.91 Å². The number of nitrogens with zero attached hydrogens (tertiary/aromatic N) is 1. The Morgan fingerprint density at radius 1 is 1.24 bits per heavy atom. The minimum atomic E-state index is 0.286. The van der Waals surface area contributed by atoms with Crippen LogP contribution in [0.5, 0.6) is 0 Å². The molecular formula is C18H28N2O. The summed E-state index contributed by atoms with van der Waals surface area (Å²) in [7, 11) is 1.99. The molecule has 2 rings (SSSR count). The van der Waals surface area contributed by atoms with Gasteiger partial charge in [-0.3, -0.25) is 4.79 Å². The van der Waals surface area contributed by atoms with Crippen molar-refractivity contribution in [1.82, 2.24) is 5.32 Å². The number of fused-ring (bicyclic) bond motifs is 1. The van der Waals surface area contributed by atoms with E-state index in [0.29, 0.717) is 12.5 Å². The second-order valence-electron chi connectivity index (χ2n) is 5.90. The Kier molecular flexibility index (Phi) is 6.24. The number of carbonyl (C=O) groups is 1. The maximum Gasteiger partial charge on any atom is 0.226 e. The largest absolute Gasteiger partial charge is 0.313 e. The average molecular weight is 288 g/mol. The number of rotatable bonds is 7. The van der Waals surface area contributed by atoms with Gasteiger partial charge < -0.3 is 10.2 Å². The third kappa shape index (κ3) is 4.07. The number of amides is 1. The molecule has 3 heteroatoms. The molecule has 0 aromatic heterocycles. The van der Waals surface area contributed by atoms with Crippen LogP contribution in [0, 0.1) is 0 Å². The molecule has 0 bridgehead atoms. The number of carbonyl (C=O) groups excluding carboxylic acids is 1. The van der Waals surface area contributed by atoms with Gasteiger partial charge in [-0.15, -0.1) is 0 Å². The van der Waals surface area contributed by atoms with Crippen molar-refractivity contribution in [1.29, 1.82) is 0 Å². The van der Waals surface area contributed by atoms with Gasteiger partial charge in [-0.05, 0) is 31.5 Å². The maximum atomic E-state index is 12.5. The van der Waals surface area contributed by atoms with Crippen molar-refractivity contribution in [2.75, 3.05) is 18.5 Å². The fraction of sp³-hybridized carbons (Fsp3) is 0.611. The van der Waals surface area contributed by atoms with E-state index >= 15 is 0 Å². The lowest BCUT2D eigenvalue weighted by Gasteiger charge is -2.34. The molecule has 1 unspecified atom stereocenters. The summed E-state index contributed by atoms with van der Waals surface area (Å²) in [6.45, 7) is 3.05. The first-order chi connectivity index (χ1) is 10.3. The van der Waals surface area contributed by atoms with Crippen LogP contribution in [-0.2, 0) is 4.79 Å². The Balaban J connectivity index is 1.96. The van der Waals surface area contributed by atoms with E-state index in [2.05, 4.69) is 30.4 Å². The number of hydrogen-bond acceptors (Lipinski definition) is 2. The topological polar surface area (TPSA) is 32.3 Å². The average Bonchev–Trinajstić information content (AvgIpc) is 2.53. The Hall–Kier alpha value is -1.35. The van der Waals surface area contributed by atoms with Crippen molar-refractivity contribution >= 4 is 11.6 Å². The quantitative estimate of drug-likeness (QED) is 0.768. The predicted molar refractivity (Wildman–Crippen MR) is 88.6 cm³/mol. The second-order valence-corrected chi connectivity index (χ2v) is 5.90. The normalized spacial score (nSPS) is 17.6. The second kappa shape index (κ2) is 8.18. The van der Waals surface area contributed by atoms with Gasteiger partial charge in [0.15, 0.2) is 0 Å². The van der Waals surface area contributed by atoms with Crippen molar-refractivity contribution in [3.8, 4) is 0 Å². The van der Waals surface area contributed by atoms with Gasteiger partial charge in [-0.2, -0.15) is 0 Å². The van der Waals surface area contributed by atoms with Crippen LogP contribution in [0.15, 0.2) is 24.3 Å². The van der Waals surface area contributed by atoms with Crippen molar-refractivity contribution in [3.63, 3.8) is 0 Å². The van der Waals surface area contributed by atoms with Crippen LogP contribution in [0.3, 0.4) is 0 Å². The monoisotopic (exact) mass is 288 g/mol. The minimum Gasteiger partial charge on any atom is -0.313 e. The van der Waals surface area contributed by atoms with Gasteiger partial charge in [0.25, 0.3) is 0 Å². The summed E-state index contributed by atoms with van der Waals surface area (Å²) in [5, 5.41) is 3.35. The van der Waals surface area contributed by atoms with E-state index in [1.165, 1.54) is 31.2 Å². The zero-order valence-electron chi connectivity index (χ0n) is 13.4. The van der Waals surface area contributed by atoms with Gasteiger partial charge in [0.05, 0.1) is 0 Å². The summed E-state index contributed by atoms with van der Waals surface area (Å²) >= 11 is 0. The summed E-state index contributed by atoms with van der Waals surface area (Å²) in [5.74, 6) is 0.286. The van der Waals surface area contributed by atoms with Crippen LogP contribution in [0.4, 0.5) is 5.69 Å². The molecule has 1 N–H and O–H groups in total. The Labute approximate surface area is 128 Å². The first-order valence-electron chi connectivity index (χ1n) is 8.34. The maximum absolute atomic E-state index is 12.5. The molecule has 1 aromatic rings. The summed E-state index contributed by atoms with van der Waals surface area (Å²) < 4.78 is 0. The molecule has 1 aromatic carbocycles. The van der Waals surface area contributed by atoms with Gasteiger partial charge in [0, 0.05) is 24.7 Å². The summed E-state index contributed by atoms with van der Waals surface area (Å²) in [6.07, 6.45) is 7.66. The highest BCUT2D eigenvalue weighted by molar-refractivity contribution is 5.94. The van der Waals surface area contributed by atoms with E-state index in [0.717, 1.165) is 25.1 Å². The fourth-order valence-electron chi connectivity index (χ4n) is 3.14. The molecule has 0 fully saturated rings. The number of nitrogens with one attached hydrogen (secondary N) is 1. The van der Waals surface area contributed by atoms with Crippen LogP contribution in [0.1, 0.15) is 63.5 Å². The molecule has 1 amide bonds. The van der Waals surface area contributed by atoms with Crippen molar-refractivity contribution in [3.05, 3.63) is 29.8 Å². The molecule has 3 nitrogen and oxygen atoms in total. The Morgan fingerprint density at radius 3 is 2.76 bits per heavy atom. The summed E-state index contributed by atoms with van der Waals surface area (Å²) in [6, 6.07) is 8.67. The van der Waals surface area contributed by atoms with Crippen LogP contribution in [-0.4, -0.2) is 19.5 Å². The van der Waals surface area contributed by atoms with Gasteiger partial charge >= 0.3 is 0 Å². The molecule has 116 valence electrons. The number of para-hydroxylation sites is 1. The molecular weight excluding hydrogens is 260 g/mol. The van der Waals surface area contributed by atoms with Gasteiger partial charge in [-0.25, -0.2) is 0 Å². The van der Waals surface area contributed by atoms with Crippen LogP contribution in [0.2, 0.25) is 0 Å². The third-order valence-electron chi connectivity index (χ3n) is 4.39. The van der Waals surface area contributed by atoms with E-state index in [1.807, 2.05) is 18.0 Å². The summed E-state index contributed by atoms with van der Waals surface area (Å²) in [4.78, 5) is 14.5. The van der Waals surface area contributed by atoms with Crippen LogP contribution in [0.25, 0.3) is 0 Å². The minimum absolute atomic E-state index is 0.286. The molecule has 21 heavy (non-hydrogen) atoms. The first kappa shape index (κ1) is 16.0. The lowest BCUT2D eigenvalue weighted by atomic mass is 9.96. The number of benzene rings is 1. The summed E-state index contributed by atoms with van der Waals surface area (Å²) in [5.41, 5.74) is 2.35. The van der Waals surface area contributed by atoms with Crippen molar-refractivity contribution in [2.45, 2.75) is 57.9 Å². The SMILES string of the molecule is CCCCCCCC(=O)N1CCC(NC)c2ccccc21. The molecule has 0 spiro atoms. The zero-order valence-corrected chi connectivity index (χ0v) is 13.4. The number of unbranched alkanes of at least 4 members (excludes halogenated alkanes) is 4. The lowest BCUT2D eigenvalue weighted by Crippen LogP contribution is -2.38. The van der Waals surface area contributed by atoms with E-state index in [1.54, 1.807) is 0 Å². The van der Waals surface area contributed by atoms with E-state index in [-0.39, 0.29) is 5.91 Å². The first-order valence-corrected chi connectivity index (χ1v) is 8.34. The fourth-order valence-corrected chi connectivity index (χ4v) is 3.14. The van der Waals surface area contributed by atoms with Gasteiger partial charge in [0.1, 0.15) is 0 Å². The lowest BCUT2D eigenvalue weighted by molar-refractivity contribution is -0.118. The molecule has 0 saturated heterocycles. The molecule has 1 aliphatic heterocycles. The zero-order chi connectivity index (χ0) is 15.1. The number of anilines is 1. The molecule has 0 saturated carbocycles. The highest BCUT2D eigenvalue weighted by atomic mass is 16.2. The standard InChI is InChI=1S/C18H28N2O/c1-3-4-5-6-7-12-18(21)20-14-13-16(19-2)15-10-8-9-11-17(15)20/h8-11,16,19H,3-7,12-14H2,1-2H3. The molecule has 1 aliphatic rings. The van der Waals surface area contributed by atoms with E-state index in [4.69, 9.17) is 0 Å². The third-order valence-corrected chi connectivity index (χ3v) is 4.39. The van der Waals surface area contributed by atoms with Crippen LogP contribution >= 0.6 is 0 Å². The van der Waals surface area contributed by atoms with E-state index in [9.17, 15) is 4.79 Å². The smallest absolute Gasteiger partial charge is 0.226 e. The molecule has 0 aliphatic carbocycles. The molecule has 0 radical (unpaired) electrons.